The number of hydrogen-bond acceptors (Lipinski definition) is 3. The molecule has 0 amide bonds. The second-order valence-electron chi connectivity index (χ2n) is 5.46. The Kier molecular flexibility index (Phi) is 4.29. The third-order valence-corrected chi connectivity index (χ3v) is 4.82. The molecule has 21 heavy (non-hydrogen) atoms. The van der Waals surface area contributed by atoms with Crippen molar-refractivity contribution in [2.24, 2.45) is 5.84 Å². The number of aryl methyl sites for hydroxylation is 1. The van der Waals surface area contributed by atoms with E-state index in [4.69, 9.17) is 10.6 Å². The second kappa shape index (κ2) is 6.18. The van der Waals surface area contributed by atoms with Crippen molar-refractivity contribution in [1.29, 1.82) is 0 Å². The Bertz CT molecular complexity index is 623. The first kappa shape index (κ1) is 14.6. The van der Waals surface area contributed by atoms with Crippen LogP contribution < -0.4 is 16.0 Å². The van der Waals surface area contributed by atoms with Crippen molar-refractivity contribution < 1.29 is 4.74 Å². The van der Waals surface area contributed by atoms with Crippen LogP contribution in [0, 0.1) is 6.92 Å². The van der Waals surface area contributed by atoms with E-state index >= 15 is 0 Å². The van der Waals surface area contributed by atoms with E-state index in [1.165, 1.54) is 18.4 Å². The van der Waals surface area contributed by atoms with Crippen LogP contribution in [0.4, 0.5) is 0 Å². The topological polar surface area (TPSA) is 47.3 Å². The average Bonchev–Trinajstić information content (AvgIpc) is 3.30. The van der Waals surface area contributed by atoms with Crippen molar-refractivity contribution >= 4 is 15.9 Å². The van der Waals surface area contributed by atoms with Crippen molar-refractivity contribution in [1.82, 2.24) is 5.43 Å². The van der Waals surface area contributed by atoms with Gasteiger partial charge in [0.25, 0.3) is 0 Å². The zero-order chi connectivity index (χ0) is 14.8. The predicted molar refractivity (Wildman–Crippen MR) is 88.1 cm³/mol. The number of rotatable bonds is 5. The first-order valence-corrected chi connectivity index (χ1v) is 7.96. The maximum Gasteiger partial charge on any atom is 0.119 e. The molecule has 1 fully saturated rings. The van der Waals surface area contributed by atoms with Crippen LogP contribution in [0.2, 0.25) is 0 Å². The van der Waals surface area contributed by atoms with E-state index in [9.17, 15) is 0 Å². The lowest BCUT2D eigenvalue weighted by Crippen LogP contribution is -2.29. The number of nitrogens with two attached hydrogens (primary N) is 1. The van der Waals surface area contributed by atoms with Gasteiger partial charge in [-0.1, -0.05) is 46.3 Å². The summed E-state index contributed by atoms with van der Waals surface area (Å²) in [6.45, 7) is 2.08. The lowest BCUT2D eigenvalue weighted by Gasteiger charge is -2.19. The highest BCUT2D eigenvalue weighted by Gasteiger charge is 2.23. The molecule has 3 nitrogen and oxygen atoms in total. The molecule has 3 N–H and O–H groups in total. The fourth-order valence-electron chi connectivity index (χ4n) is 2.38. The minimum Gasteiger partial charge on any atom is -0.490 e. The monoisotopic (exact) mass is 346 g/mol. The molecule has 0 bridgehead atoms. The van der Waals surface area contributed by atoms with Gasteiger partial charge in [-0.15, -0.1) is 0 Å². The standard InChI is InChI=1S/C17H19BrN2O/c1-11-3-2-4-15(16(11)18)17(20-19)12-5-7-13(8-6-12)21-14-9-10-14/h2-8,14,17,20H,9-10,19H2,1H3. The third-order valence-electron chi connectivity index (χ3n) is 3.74. The molecular weight excluding hydrogens is 328 g/mol. The molecule has 1 atom stereocenters. The quantitative estimate of drug-likeness (QED) is 0.638. The first-order valence-electron chi connectivity index (χ1n) is 7.17. The summed E-state index contributed by atoms with van der Waals surface area (Å²) >= 11 is 3.65. The molecular formula is C17H19BrN2O. The van der Waals surface area contributed by atoms with E-state index in [1.807, 2.05) is 18.2 Å². The smallest absolute Gasteiger partial charge is 0.119 e. The maximum absolute atomic E-state index is 5.78. The summed E-state index contributed by atoms with van der Waals surface area (Å²) in [7, 11) is 0. The normalized spacial score (nSPS) is 15.8. The number of halogens is 1. The highest BCUT2D eigenvalue weighted by Crippen LogP contribution is 2.32. The summed E-state index contributed by atoms with van der Waals surface area (Å²) in [5.41, 5.74) is 6.35. The van der Waals surface area contributed by atoms with Crippen LogP contribution >= 0.6 is 15.9 Å². The Balaban J connectivity index is 1.86. The van der Waals surface area contributed by atoms with E-state index in [0.29, 0.717) is 6.10 Å². The third kappa shape index (κ3) is 3.28. The fourth-order valence-corrected chi connectivity index (χ4v) is 2.87. The van der Waals surface area contributed by atoms with Gasteiger partial charge in [-0.25, -0.2) is 5.43 Å². The van der Waals surface area contributed by atoms with Crippen molar-refractivity contribution in [3.05, 3.63) is 63.6 Å². The van der Waals surface area contributed by atoms with Crippen LogP contribution in [0.25, 0.3) is 0 Å². The molecule has 0 aromatic heterocycles. The summed E-state index contributed by atoms with van der Waals surface area (Å²) < 4.78 is 6.87. The molecule has 0 heterocycles. The van der Waals surface area contributed by atoms with E-state index in [1.54, 1.807) is 0 Å². The summed E-state index contributed by atoms with van der Waals surface area (Å²) in [5, 5.41) is 0. The number of hydrogen-bond donors (Lipinski definition) is 2. The van der Waals surface area contributed by atoms with Crippen molar-refractivity contribution in [3.8, 4) is 5.75 Å². The number of ether oxygens (including phenoxy) is 1. The van der Waals surface area contributed by atoms with Crippen LogP contribution in [-0.4, -0.2) is 6.10 Å². The molecule has 0 aliphatic heterocycles. The van der Waals surface area contributed by atoms with E-state index < -0.39 is 0 Å². The molecule has 2 aromatic carbocycles. The molecule has 1 aliphatic carbocycles. The molecule has 0 spiro atoms. The highest BCUT2D eigenvalue weighted by atomic mass is 79.9. The van der Waals surface area contributed by atoms with Crippen LogP contribution in [0.15, 0.2) is 46.9 Å². The average molecular weight is 347 g/mol. The van der Waals surface area contributed by atoms with E-state index in [2.05, 4.69) is 52.5 Å². The Morgan fingerprint density at radius 2 is 1.90 bits per heavy atom. The highest BCUT2D eigenvalue weighted by molar-refractivity contribution is 9.10. The number of hydrazine groups is 1. The molecule has 0 radical (unpaired) electrons. The number of benzene rings is 2. The minimum absolute atomic E-state index is 0.0470. The first-order chi connectivity index (χ1) is 10.2. The molecule has 110 valence electrons. The zero-order valence-electron chi connectivity index (χ0n) is 12.0. The molecule has 1 unspecified atom stereocenters. The van der Waals surface area contributed by atoms with E-state index in [0.717, 1.165) is 21.3 Å². The van der Waals surface area contributed by atoms with Crippen molar-refractivity contribution in [2.45, 2.75) is 31.9 Å². The second-order valence-corrected chi connectivity index (χ2v) is 6.26. The fraction of sp³-hybridized carbons (Fsp3) is 0.294. The summed E-state index contributed by atoms with van der Waals surface area (Å²) in [6.07, 6.45) is 2.76. The molecule has 4 heteroatoms. The van der Waals surface area contributed by atoms with Crippen molar-refractivity contribution in [2.75, 3.05) is 0 Å². The molecule has 3 rings (SSSR count). The summed E-state index contributed by atoms with van der Waals surface area (Å²) in [6, 6.07) is 14.3. The van der Waals surface area contributed by atoms with Gasteiger partial charge in [-0.05, 0) is 48.6 Å². The van der Waals surface area contributed by atoms with Crippen LogP contribution in [0.1, 0.15) is 35.6 Å². The molecule has 1 aliphatic rings. The summed E-state index contributed by atoms with van der Waals surface area (Å²) in [4.78, 5) is 0. The van der Waals surface area contributed by atoms with Gasteiger partial charge >= 0.3 is 0 Å². The molecule has 1 saturated carbocycles. The van der Waals surface area contributed by atoms with Gasteiger partial charge in [0.1, 0.15) is 5.75 Å². The zero-order valence-corrected chi connectivity index (χ0v) is 13.6. The van der Waals surface area contributed by atoms with Crippen molar-refractivity contribution in [3.63, 3.8) is 0 Å². The SMILES string of the molecule is Cc1cccc(C(NN)c2ccc(OC3CC3)cc2)c1Br. The van der Waals surface area contributed by atoms with Crippen LogP contribution in [0.5, 0.6) is 5.75 Å². The van der Waals surface area contributed by atoms with Gasteiger partial charge in [-0.3, -0.25) is 5.84 Å². The van der Waals surface area contributed by atoms with Gasteiger partial charge in [0.2, 0.25) is 0 Å². The van der Waals surface area contributed by atoms with Crippen LogP contribution in [0.3, 0.4) is 0 Å². The number of nitrogens with one attached hydrogen (secondary N) is 1. The Labute approximate surface area is 133 Å². The molecule has 2 aromatic rings. The Morgan fingerprint density at radius 1 is 1.19 bits per heavy atom. The van der Waals surface area contributed by atoms with Gasteiger partial charge < -0.3 is 4.74 Å². The Hall–Kier alpha value is -1.36. The lowest BCUT2D eigenvalue weighted by atomic mass is 9.98. The Morgan fingerprint density at radius 3 is 2.52 bits per heavy atom. The van der Waals surface area contributed by atoms with Gasteiger partial charge in [0, 0.05) is 4.47 Å². The summed E-state index contributed by atoms with van der Waals surface area (Å²) in [5.74, 6) is 6.71. The minimum atomic E-state index is -0.0470. The lowest BCUT2D eigenvalue weighted by molar-refractivity contribution is 0.303. The van der Waals surface area contributed by atoms with E-state index in [-0.39, 0.29) is 6.04 Å². The predicted octanol–water partition coefficient (Wildman–Crippen LogP) is 3.85. The van der Waals surface area contributed by atoms with Gasteiger partial charge in [0.15, 0.2) is 0 Å². The van der Waals surface area contributed by atoms with Gasteiger partial charge in [0.05, 0.1) is 12.1 Å². The maximum atomic E-state index is 5.78. The van der Waals surface area contributed by atoms with Crippen LogP contribution in [-0.2, 0) is 0 Å². The largest absolute Gasteiger partial charge is 0.490 e. The molecule has 0 saturated heterocycles. The van der Waals surface area contributed by atoms with Gasteiger partial charge in [-0.2, -0.15) is 0 Å².